The fraction of sp³-hybridized carbons (Fsp3) is 0.364. The van der Waals surface area contributed by atoms with Crippen molar-refractivity contribution in [1.29, 1.82) is 0 Å². The van der Waals surface area contributed by atoms with Gasteiger partial charge < -0.3 is 9.47 Å². The van der Waals surface area contributed by atoms with Gasteiger partial charge >= 0.3 is 0 Å². The molecule has 0 bridgehead atoms. The molecule has 0 unspecified atom stereocenters. The molecule has 4 heteroatoms. The summed E-state index contributed by atoms with van der Waals surface area (Å²) in [6.45, 7) is 3.79. The molecule has 3 nitrogen and oxygen atoms in total. The number of fused-ring (bicyclic) bond motifs is 1. The molecule has 1 heterocycles. The molecule has 1 aliphatic rings. The van der Waals surface area contributed by atoms with Crippen LogP contribution >= 0.6 is 11.6 Å². The summed E-state index contributed by atoms with van der Waals surface area (Å²) < 4.78 is 10.4. The van der Waals surface area contributed by atoms with E-state index in [2.05, 4.69) is 0 Å². The molecule has 0 saturated carbocycles. The van der Waals surface area contributed by atoms with E-state index in [0.717, 1.165) is 5.56 Å². The number of carbonyl (C=O) groups is 1. The van der Waals surface area contributed by atoms with Crippen molar-refractivity contribution in [2.75, 3.05) is 6.79 Å². The summed E-state index contributed by atoms with van der Waals surface area (Å²) in [6, 6.07) is 5.41. The van der Waals surface area contributed by atoms with Crippen molar-refractivity contribution in [2.45, 2.75) is 19.3 Å². The molecule has 80 valence electrons. The molecular formula is C11H11ClO3. The second kappa shape index (κ2) is 3.42. The number of rotatable bonds is 2. The van der Waals surface area contributed by atoms with Crippen LogP contribution in [0.4, 0.5) is 0 Å². The van der Waals surface area contributed by atoms with Gasteiger partial charge in [0, 0.05) is 0 Å². The van der Waals surface area contributed by atoms with Gasteiger partial charge in [0.15, 0.2) is 11.5 Å². The van der Waals surface area contributed by atoms with E-state index in [9.17, 15) is 4.79 Å². The van der Waals surface area contributed by atoms with Gasteiger partial charge in [0.25, 0.3) is 0 Å². The zero-order valence-corrected chi connectivity index (χ0v) is 9.30. The Balaban J connectivity index is 2.42. The summed E-state index contributed by atoms with van der Waals surface area (Å²) in [7, 11) is 0. The first-order valence-corrected chi connectivity index (χ1v) is 4.99. The number of hydrogen-bond donors (Lipinski definition) is 0. The highest BCUT2D eigenvalue weighted by atomic mass is 35.5. The molecule has 0 spiro atoms. The predicted octanol–water partition coefficient (Wildman–Crippen LogP) is 2.46. The Morgan fingerprint density at radius 1 is 1.33 bits per heavy atom. The van der Waals surface area contributed by atoms with Gasteiger partial charge in [-0.3, -0.25) is 4.79 Å². The molecule has 0 aliphatic carbocycles. The maximum absolute atomic E-state index is 11.3. The lowest BCUT2D eigenvalue weighted by Crippen LogP contribution is -2.24. The molecule has 0 aromatic heterocycles. The summed E-state index contributed by atoms with van der Waals surface area (Å²) in [5, 5.41) is -0.388. The van der Waals surface area contributed by atoms with Gasteiger partial charge in [-0.05, 0) is 43.1 Å². The van der Waals surface area contributed by atoms with Gasteiger partial charge in [-0.1, -0.05) is 6.07 Å². The fourth-order valence-electron chi connectivity index (χ4n) is 1.40. The number of ether oxygens (including phenoxy) is 2. The number of carbonyl (C=O) groups excluding carboxylic acids is 1. The standard InChI is InChI=1S/C11H11ClO3/c1-11(2,10(12)13)7-3-4-8-9(5-7)15-6-14-8/h3-5H,6H2,1-2H3. The molecule has 0 N–H and O–H groups in total. The Labute approximate surface area is 92.9 Å². The van der Waals surface area contributed by atoms with E-state index in [1.165, 1.54) is 0 Å². The average Bonchev–Trinajstić information content (AvgIpc) is 2.63. The SMILES string of the molecule is CC(C)(C(=O)Cl)c1ccc2c(c1)OCO2. The third-order valence-corrected chi connectivity index (χ3v) is 3.06. The van der Waals surface area contributed by atoms with Crippen molar-refractivity contribution in [3.8, 4) is 11.5 Å². The van der Waals surface area contributed by atoms with Gasteiger partial charge in [-0.15, -0.1) is 0 Å². The Hall–Kier alpha value is -1.22. The highest BCUT2D eigenvalue weighted by Gasteiger charge is 2.29. The molecular weight excluding hydrogens is 216 g/mol. The second-order valence-corrected chi connectivity index (χ2v) is 4.31. The molecule has 1 aromatic rings. The van der Waals surface area contributed by atoms with Crippen molar-refractivity contribution in [3.05, 3.63) is 23.8 Å². The van der Waals surface area contributed by atoms with Crippen molar-refractivity contribution in [3.63, 3.8) is 0 Å². The van der Waals surface area contributed by atoms with Gasteiger partial charge in [0.1, 0.15) is 0 Å². The van der Waals surface area contributed by atoms with E-state index in [1.54, 1.807) is 26.0 Å². The summed E-state index contributed by atoms with van der Waals surface area (Å²) in [5.74, 6) is 1.37. The molecule has 1 aromatic carbocycles. The Morgan fingerprint density at radius 3 is 2.67 bits per heavy atom. The summed E-state index contributed by atoms with van der Waals surface area (Å²) >= 11 is 5.54. The van der Waals surface area contributed by atoms with Gasteiger partial charge in [-0.25, -0.2) is 0 Å². The van der Waals surface area contributed by atoms with Crippen LogP contribution in [0.2, 0.25) is 0 Å². The first-order valence-electron chi connectivity index (χ1n) is 4.62. The minimum atomic E-state index is -0.706. The minimum Gasteiger partial charge on any atom is -0.454 e. The highest BCUT2D eigenvalue weighted by Crippen LogP contribution is 2.37. The van der Waals surface area contributed by atoms with E-state index in [1.807, 2.05) is 6.07 Å². The lowest BCUT2D eigenvalue weighted by Gasteiger charge is -2.20. The predicted molar refractivity (Wildman–Crippen MR) is 56.5 cm³/mol. The first-order chi connectivity index (χ1) is 7.01. The topological polar surface area (TPSA) is 35.5 Å². The molecule has 2 rings (SSSR count). The van der Waals surface area contributed by atoms with Crippen LogP contribution in [0.1, 0.15) is 19.4 Å². The van der Waals surface area contributed by atoms with Crippen LogP contribution in [-0.2, 0) is 10.2 Å². The number of hydrogen-bond acceptors (Lipinski definition) is 3. The summed E-state index contributed by atoms with van der Waals surface area (Å²) in [5.41, 5.74) is 0.120. The largest absolute Gasteiger partial charge is 0.454 e. The molecule has 0 saturated heterocycles. The lowest BCUT2D eigenvalue weighted by atomic mass is 9.86. The van der Waals surface area contributed by atoms with Crippen molar-refractivity contribution < 1.29 is 14.3 Å². The smallest absolute Gasteiger partial charge is 0.231 e. The Morgan fingerprint density at radius 2 is 2.00 bits per heavy atom. The van der Waals surface area contributed by atoms with Crippen LogP contribution in [0, 0.1) is 0 Å². The maximum Gasteiger partial charge on any atom is 0.231 e. The molecule has 0 amide bonds. The Bertz CT molecular complexity index is 412. The van der Waals surface area contributed by atoms with Crippen LogP contribution in [0.15, 0.2) is 18.2 Å². The van der Waals surface area contributed by atoms with Crippen molar-refractivity contribution in [2.24, 2.45) is 0 Å². The van der Waals surface area contributed by atoms with Crippen molar-refractivity contribution in [1.82, 2.24) is 0 Å². The summed E-state index contributed by atoms with van der Waals surface area (Å²) in [6.07, 6.45) is 0. The van der Waals surface area contributed by atoms with Gasteiger partial charge in [0.05, 0.1) is 5.41 Å². The van der Waals surface area contributed by atoms with Gasteiger partial charge in [0.2, 0.25) is 12.0 Å². The van der Waals surface area contributed by atoms with Crippen LogP contribution in [0.5, 0.6) is 11.5 Å². The third-order valence-electron chi connectivity index (χ3n) is 2.59. The average molecular weight is 227 g/mol. The molecule has 0 fully saturated rings. The summed E-state index contributed by atoms with van der Waals surface area (Å²) in [4.78, 5) is 11.3. The zero-order chi connectivity index (χ0) is 11.1. The van der Waals surface area contributed by atoms with E-state index >= 15 is 0 Å². The maximum atomic E-state index is 11.3. The van der Waals surface area contributed by atoms with E-state index in [0.29, 0.717) is 11.5 Å². The molecule has 1 aliphatic heterocycles. The van der Waals surface area contributed by atoms with Crippen LogP contribution in [0.3, 0.4) is 0 Å². The molecule has 0 radical (unpaired) electrons. The lowest BCUT2D eigenvalue weighted by molar-refractivity contribution is -0.115. The van der Waals surface area contributed by atoms with E-state index < -0.39 is 5.41 Å². The fourth-order valence-corrected chi connectivity index (χ4v) is 1.51. The number of halogens is 1. The highest BCUT2D eigenvalue weighted by molar-refractivity contribution is 6.65. The quantitative estimate of drug-likeness (QED) is 0.727. The monoisotopic (exact) mass is 226 g/mol. The van der Waals surface area contributed by atoms with Crippen LogP contribution in [0.25, 0.3) is 0 Å². The van der Waals surface area contributed by atoms with Crippen LogP contribution < -0.4 is 9.47 Å². The zero-order valence-electron chi connectivity index (χ0n) is 8.54. The molecule has 15 heavy (non-hydrogen) atoms. The minimum absolute atomic E-state index is 0.230. The first kappa shape index (κ1) is 10.3. The second-order valence-electron chi connectivity index (χ2n) is 3.97. The number of benzene rings is 1. The third kappa shape index (κ3) is 1.67. The van der Waals surface area contributed by atoms with E-state index in [4.69, 9.17) is 21.1 Å². The van der Waals surface area contributed by atoms with Gasteiger partial charge in [-0.2, -0.15) is 0 Å². The molecule has 0 atom stereocenters. The Kier molecular flexibility index (Phi) is 2.35. The van der Waals surface area contributed by atoms with Crippen molar-refractivity contribution >= 4 is 16.8 Å². The normalized spacial score (nSPS) is 14.1. The van der Waals surface area contributed by atoms with E-state index in [-0.39, 0.29) is 12.0 Å². The van der Waals surface area contributed by atoms with Crippen LogP contribution in [-0.4, -0.2) is 12.0 Å².